The van der Waals surface area contributed by atoms with Crippen LogP contribution in [-0.2, 0) is 10.1 Å². The maximum Gasteiger partial charge on any atom is 1.00 e. The Labute approximate surface area is 212 Å². The van der Waals surface area contributed by atoms with Crippen molar-refractivity contribution in [3.05, 3.63) is 30.3 Å². The summed E-state index contributed by atoms with van der Waals surface area (Å²) in [6.07, 6.45) is 17.7. The monoisotopic (exact) mass is 422 g/mol. The Morgan fingerprint density at radius 1 is 0.704 bits per heavy atom. The summed E-state index contributed by atoms with van der Waals surface area (Å²) in [4.78, 5) is 0. The van der Waals surface area contributed by atoms with Crippen molar-refractivity contribution >= 4 is 10.1 Å². The van der Waals surface area contributed by atoms with Crippen molar-refractivity contribution in [1.82, 2.24) is 0 Å². The van der Waals surface area contributed by atoms with E-state index >= 15 is 0 Å². The van der Waals surface area contributed by atoms with Crippen molar-refractivity contribution in [2.75, 3.05) is 5.75 Å². The standard InChI is InChI=1S/C22H38O3S.K.H/c1-2-3-4-5-6-7-8-9-10-11-12-13-14-18-21-26(23,24)25-22-19-16-15-17-20-22;;/h15-17,19-20H,2-14,18,21H2,1H3;;/q;+1;-1. The minimum Gasteiger partial charge on any atom is -1.00 e. The molecule has 0 aliphatic carbocycles. The number of para-hydroxylation sites is 1. The molecule has 152 valence electrons. The molecular weight excluding hydrogens is 383 g/mol. The minimum atomic E-state index is -3.45. The summed E-state index contributed by atoms with van der Waals surface area (Å²) < 4.78 is 28.9. The maximum atomic E-state index is 11.9. The third kappa shape index (κ3) is 17.2. The molecule has 0 radical (unpaired) electrons. The molecule has 3 nitrogen and oxygen atoms in total. The van der Waals surface area contributed by atoms with Crippen LogP contribution in [0, 0.1) is 0 Å². The molecule has 0 fully saturated rings. The zero-order valence-electron chi connectivity index (χ0n) is 18.6. The van der Waals surface area contributed by atoms with E-state index < -0.39 is 10.1 Å². The molecule has 0 saturated carbocycles. The van der Waals surface area contributed by atoms with Crippen LogP contribution in [0.25, 0.3) is 0 Å². The van der Waals surface area contributed by atoms with E-state index in [1.54, 1.807) is 24.3 Å². The van der Waals surface area contributed by atoms with Crippen LogP contribution >= 0.6 is 0 Å². The third-order valence-electron chi connectivity index (χ3n) is 4.71. The quantitative estimate of drug-likeness (QED) is 0.217. The van der Waals surface area contributed by atoms with Gasteiger partial charge in [-0.1, -0.05) is 109 Å². The van der Waals surface area contributed by atoms with E-state index in [0.717, 1.165) is 12.8 Å². The second-order valence-corrected chi connectivity index (χ2v) is 8.94. The Morgan fingerprint density at radius 3 is 1.56 bits per heavy atom. The molecule has 0 aromatic heterocycles. The zero-order valence-corrected chi connectivity index (χ0v) is 21.6. The van der Waals surface area contributed by atoms with Gasteiger partial charge in [0.15, 0.2) is 0 Å². The van der Waals surface area contributed by atoms with Gasteiger partial charge < -0.3 is 5.61 Å². The van der Waals surface area contributed by atoms with Crippen molar-refractivity contribution in [2.24, 2.45) is 0 Å². The molecule has 1 aromatic carbocycles. The zero-order chi connectivity index (χ0) is 18.9. The molecule has 0 heterocycles. The summed E-state index contributed by atoms with van der Waals surface area (Å²) in [5, 5.41) is 0. The van der Waals surface area contributed by atoms with E-state index in [0.29, 0.717) is 12.2 Å². The maximum absolute atomic E-state index is 11.9. The van der Waals surface area contributed by atoms with Crippen LogP contribution in [-0.4, -0.2) is 14.2 Å². The van der Waals surface area contributed by atoms with Crippen molar-refractivity contribution in [1.29, 1.82) is 0 Å². The minimum absolute atomic E-state index is 0. The van der Waals surface area contributed by atoms with Crippen LogP contribution in [0.15, 0.2) is 30.3 Å². The molecule has 0 spiro atoms. The van der Waals surface area contributed by atoms with Crippen molar-refractivity contribution in [2.45, 2.75) is 96.8 Å². The van der Waals surface area contributed by atoms with E-state index in [-0.39, 0.29) is 58.6 Å². The molecule has 1 rings (SSSR count). The smallest absolute Gasteiger partial charge is 1.00 e. The molecule has 0 aliphatic rings. The Bertz CT molecular complexity index is 538. The third-order valence-corrected chi connectivity index (χ3v) is 5.95. The largest absolute Gasteiger partial charge is 1.00 e. The predicted octanol–water partition coefficient (Wildman–Crippen LogP) is 3.99. The number of benzene rings is 1. The molecule has 0 aliphatic heterocycles. The summed E-state index contributed by atoms with van der Waals surface area (Å²) in [5.41, 5.74) is 0. The van der Waals surface area contributed by atoms with Crippen molar-refractivity contribution in [3.63, 3.8) is 0 Å². The molecule has 0 unspecified atom stereocenters. The Balaban J connectivity index is 0. The molecule has 27 heavy (non-hydrogen) atoms. The van der Waals surface area contributed by atoms with Gasteiger partial charge >= 0.3 is 61.5 Å². The summed E-state index contributed by atoms with van der Waals surface area (Å²) in [5.74, 6) is 0.512. The molecule has 5 heteroatoms. The first-order valence-corrected chi connectivity index (χ1v) is 12.2. The SMILES string of the molecule is CCCCCCCCCCCCCCCCS(=O)(=O)Oc1ccccc1.[H-].[K+]. The Kier molecular flexibility index (Phi) is 19.0. The van der Waals surface area contributed by atoms with Gasteiger partial charge in [-0.3, -0.25) is 0 Å². The fourth-order valence-corrected chi connectivity index (χ4v) is 4.18. The molecule has 0 saturated heterocycles. The van der Waals surface area contributed by atoms with E-state index in [4.69, 9.17) is 4.18 Å². The first-order valence-electron chi connectivity index (χ1n) is 10.6. The molecule has 0 N–H and O–H groups in total. The average molecular weight is 423 g/mol. The fourth-order valence-electron chi connectivity index (χ4n) is 3.14. The van der Waals surface area contributed by atoms with Crippen LogP contribution in [0.1, 0.15) is 98.2 Å². The fraction of sp³-hybridized carbons (Fsp3) is 0.727. The van der Waals surface area contributed by atoms with Gasteiger partial charge in [-0.15, -0.1) is 0 Å². The summed E-state index contributed by atoms with van der Waals surface area (Å²) >= 11 is 0. The van der Waals surface area contributed by atoms with Crippen molar-refractivity contribution < 1.29 is 65.4 Å². The van der Waals surface area contributed by atoms with Gasteiger partial charge in [0.05, 0.1) is 5.75 Å². The topological polar surface area (TPSA) is 43.4 Å². The van der Waals surface area contributed by atoms with Gasteiger partial charge in [-0.25, -0.2) is 0 Å². The van der Waals surface area contributed by atoms with E-state index in [2.05, 4.69) is 6.92 Å². The van der Waals surface area contributed by atoms with Crippen LogP contribution in [0.5, 0.6) is 5.75 Å². The number of hydrogen-bond acceptors (Lipinski definition) is 3. The van der Waals surface area contributed by atoms with Crippen LogP contribution in [0.4, 0.5) is 0 Å². The van der Waals surface area contributed by atoms with Gasteiger partial charge in [0, 0.05) is 0 Å². The van der Waals surface area contributed by atoms with Crippen LogP contribution in [0.3, 0.4) is 0 Å². The van der Waals surface area contributed by atoms with E-state index in [1.165, 1.54) is 70.6 Å². The van der Waals surface area contributed by atoms with E-state index in [1.807, 2.05) is 6.07 Å². The molecule has 1 aromatic rings. The van der Waals surface area contributed by atoms with E-state index in [9.17, 15) is 8.42 Å². The molecular formula is C22H39KO3S. The van der Waals surface area contributed by atoms with Crippen molar-refractivity contribution in [3.8, 4) is 5.75 Å². The number of unbranched alkanes of at least 4 members (excludes halogenated alkanes) is 13. The summed E-state index contributed by atoms with van der Waals surface area (Å²) in [6, 6.07) is 8.73. The van der Waals surface area contributed by atoms with Gasteiger partial charge in [-0.05, 0) is 18.6 Å². The van der Waals surface area contributed by atoms with Crippen LogP contribution < -0.4 is 55.6 Å². The Hall–Kier alpha value is 0.606. The normalized spacial score (nSPS) is 11.1. The summed E-state index contributed by atoms with van der Waals surface area (Å²) in [6.45, 7) is 2.26. The molecule has 0 amide bonds. The molecule has 0 atom stereocenters. The predicted molar refractivity (Wildman–Crippen MR) is 112 cm³/mol. The molecule has 0 bridgehead atoms. The van der Waals surface area contributed by atoms with Crippen LogP contribution in [0.2, 0.25) is 0 Å². The number of rotatable bonds is 17. The van der Waals surface area contributed by atoms with Gasteiger partial charge in [0.25, 0.3) is 0 Å². The van der Waals surface area contributed by atoms with Gasteiger partial charge in [0.1, 0.15) is 5.75 Å². The van der Waals surface area contributed by atoms with Gasteiger partial charge in [0.2, 0.25) is 0 Å². The first kappa shape index (κ1) is 27.6. The number of hydrogen-bond donors (Lipinski definition) is 0. The Morgan fingerprint density at radius 2 is 1.11 bits per heavy atom. The first-order chi connectivity index (χ1) is 12.6. The summed E-state index contributed by atoms with van der Waals surface area (Å²) in [7, 11) is -3.45. The second-order valence-electron chi connectivity index (χ2n) is 7.25. The average Bonchev–Trinajstić information content (AvgIpc) is 2.62. The second kappa shape index (κ2) is 18.6. The van der Waals surface area contributed by atoms with Gasteiger partial charge in [-0.2, -0.15) is 8.42 Å².